The third-order valence-electron chi connectivity index (χ3n) is 2.63. The molecule has 2 nitrogen and oxygen atoms in total. The summed E-state index contributed by atoms with van der Waals surface area (Å²) in [5.74, 6) is 0.638. The molecule has 1 unspecified atom stereocenters. The number of rotatable bonds is 5. The van der Waals surface area contributed by atoms with Gasteiger partial charge in [-0.15, -0.1) is 0 Å². The van der Waals surface area contributed by atoms with Crippen LogP contribution in [-0.4, -0.2) is 19.6 Å². The number of hydrogen-bond acceptors (Lipinski definition) is 2. The Morgan fingerprint density at radius 2 is 1.94 bits per heavy atom. The van der Waals surface area contributed by atoms with Crippen molar-refractivity contribution in [2.45, 2.75) is 33.2 Å². The van der Waals surface area contributed by atoms with Crippen molar-refractivity contribution in [3.8, 4) is 0 Å². The fraction of sp³-hybridized carbons (Fsp3) is 0.571. The molecule has 96 valence electrons. The highest BCUT2D eigenvalue weighted by atomic mass is 35.5. The fourth-order valence-electron chi connectivity index (χ4n) is 2.08. The number of benzene rings is 1. The van der Waals surface area contributed by atoms with Crippen molar-refractivity contribution >= 4 is 17.3 Å². The van der Waals surface area contributed by atoms with E-state index in [1.54, 1.807) is 0 Å². The lowest BCUT2D eigenvalue weighted by Gasteiger charge is -2.25. The van der Waals surface area contributed by atoms with E-state index in [0.717, 1.165) is 18.0 Å². The first-order chi connectivity index (χ1) is 7.90. The van der Waals surface area contributed by atoms with Crippen molar-refractivity contribution < 1.29 is 0 Å². The molecule has 1 atom stereocenters. The molecule has 0 fully saturated rings. The molecular formula is C14H23ClN2. The SMILES string of the molecule is CC(C)CN(C)c1ccc(Cl)cc1CC(C)N. The van der Waals surface area contributed by atoms with Crippen LogP contribution in [0.25, 0.3) is 0 Å². The lowest BCUT2D eigenvalue weighted by Crippen LogP contribution is -2.25. The number of nitrogens with two attached hydrogens (primary N) is 1. The minimum Gasteiger partial charge on any atom is -0.374 e. The standard InChI is InChI=1S/C14H23ClN2/c1-10(2)9-17(4)14-6-5-13(15)8-12(14)7-11(3)16/h5-6,8,10-11H,7,9,16H2,1-4H3. The Morgan fingerprint density at radius 3 is 2.47 bits per heavy atom. The summed E-state index contributed by atoms with van der Waals surface area (Å²) >= 11 is 6.05. The van der Waals surface area contributed by atoms with Gasteiger partial charge in [0, 0.05) is 30.3 Å². The number of anilines is 1. The maximum absolute atomic E-state index is 6.05. The van der Waals surface area contributed by atoms with Gasteiger partial charge in [0.05, 0.1) is 0 Å². The molecular weight excluding hydrogens is 232 g/mol. The predicted molar refractivity (Wildman–Crippen MR) is 76.9 cm³/mol. The van der Waals surface area contributed by atoms with Crippen LogP contribution in [0.2, 0.25) is 5.02 Å². The Hall–Kier alpha value is -0.730. The topological polar surface area (TPSA) is 29.3 Å². The summed E-state index contributed by atoms with van der Waals surface area (Å²) in [4.78, 5) is 2.28. The summed E-state index contributed by atoms with van der Waals surface area (Å²) in [6.45, 7) is 7.50. The molecule has 0 aliphatic rings. The molecule has 1 aromatic carbocycles. The van der Waals surface area contributed by atoms with E-state index in [9.17, 15) is 0 Å². The molecule has 1 rings (SSSR count). The molecule has 0 heterocycles. The van der Waals surface area contributed by atoms with Crippen LogP contribution in [0.5, 0.6) is 0 Å². The predicted octanol–water partition coefficient (Wildman–Crippen LogP) is 3.32. The van der Waals surface area contributed by atoms with Crippen molar-refractivity contribution in [3.63, 3.8) is 0 Å². The second-order valence-electron chi connectivity index (χ2n) is 5.23. The van der Waals surface area contributed by atoms with Gasteiger partial charge in [0.15, 0.2) is 0 Å². The highest BCUT2D eigenvalue weighted by molar-refractivity contribution is 6.30. The molecule has 0 aliphatic heterocycles. The van der Waals surface area contributed by atoms with Gasteiger partial charge in [-0.05, 0) is 43.0 Å². The van der Waals surface area contributed by atoms with Gasteiger partial charge in [0.2, 0.25) is 0 Å². The molecule has 2 N–H and O–H groups in total. The molecule has 17 heavy (non-hydrogen) atoms. The monoisotopic (exact) mass is 254 g/mol. The van der Waals surface area contributed by atoms with E-state index in [0.29, 0.717) is 5.92 Å². The molecule has 0 spiro atoms. The summed E-state index contributed by atoms with van der Waals surface area (Å²) in [7, 11) is 2.12. The number of nitrogens with zero attached hydrogens (tertiary/aromatic N) is 1. The van der Waals surface area contributed by atoms with Crippen molar-refractivity contribution in [2.24, 2.45) is 11.7 Å². The molecule has 1 aromatic rings. The minimum absolute atomic E-state index is 0.152. The summed E-state index contributed by atoms with van der Waals surface area (Å²) in [5.41, 5.74) is 8.35. The van der Waals surface area contributed by atoms with Gasteiger partial charge >= 0.3 is 0 Å². The smallest absolute Gasteiger partial charge is 0.0410 e. The summed E-state index contributed by atoms with van der Waals surface area (Å²) in [6, 6.07) is 6.21. The molecule has 3 heteroatoms. The number of hydrogen-bond donors (Lipinski definition) is 1. The van der Waals surface area contributed by atoms with Crippen LogP contribution in [0.4, 0.5) is 5.69 Å². The maximum Gasteiger partial charge on any atom is 0.0410 e. The van der Waals surface area contributed by atoms with Gasteiger partial charge in [-0.2, -0.15) is 0 Å². The Kier molecular flexibility index (Phi) is 5.29. The van der Waals surface area contributed by atoms with Crippen molar-refractivity contribution in [2.75, 3.05) is 18.5 Å². The maximum atomic E-state index is 6.05. The van der Waals surface area contributed by atoms with Crippen LogP contribution >= 0.6 is 11.6 Å². The lowest BCUT2D eigenvalue weighted by atomic mass is 10.0. The summed E-state index contributed by atoms with van der Waals surface area (Å²) in [5, 5.41) is 0.780. The first kappa shape index (κ1) is 14.3. The third-order valence-corrected chi connectivity index (χ3v) is 2.87. The van der Waals surface area contributed by atoms with Crippen molar-refractivity contribution in [1.82, 2.24) is 0 Å². The fourth-order valence-corrected chi connectivity index (χ4v) is 2.28. The van der Waals surface area contributed by atoms with Crippen LogP contribution in [0, 0.1) is 5.92 Å². The van der Waals surface area contributed by atoms with Crippen LogP contribution in [0.15, 0.2) is 18.2 Å². The quantitative estimate of drug-likeness (QED) is 0.874. The van der Waals surface area contributed by atoms with E-state index in [4.69, 9.17) is 17.3 Å². The second-order valence-corrected chi connectivity index (χ2v) is 5.67. The van der Waals surface area contributed by atoms with Crippen LogP contribution < -0.4 is 10.6 Å². The van der Waals surface area contributed by atoms with Gasteiger partial charge in [-0.3, -0.25) is 0 Å². The zero-order valence-electron chi connectivity index (χ0n) is 11.2. The van der Waals surface area contributed by atoms with Gasteiger partial charge in [-0.1, -0.05) is 25.4 Å². The zero-order valence-corrected chi connectivity index (χ0v) is 12.0. The molecule has 0 amide bonds. The molecule has 0 saturated heterocycles. The van der Waals surface area contributed by atoms with Crippen molar-refractivity contribution in [3.05, 3.63) is 28.8 Å². The Labute approximate surface area is 110 Å². The average Bonchev–Trinajstić information content (AvgIpc) is 2.15. The van der Waals surface area contributed by atoms with E-state index in [-0.39, 0.29) is 6.04 Å². The summed E-state index contributed by atoms with van der Waals surface area (Å²) in [6.07, 6.45) is 0.859. The van der Waals surface area contributed by atoms with Gasteiger partial charge in [0.1, 0.15) is 0 Å². The average molecular weight is 255 g/mol. The minimum atomic E-state index is 0.152. The van der Waals surface area contributed by atoms with Gasteiger partial charge < -0.3 is 10.6 Å². The van der Waals surface area contributed by atoms with Crippen molar-refractivity contribution in [1.29, 1.82) is 0 Å². The lowest BCUT2D eigenvalue weighted by molar-refractivity contribution is 0.635. The van der Waals surface area contributed by atoms with Crippen LogP contribution in [0.3, 0.4) is 0 Å². The Morgan fingerprint density at radius 1 is 1.29 bits per heavy atom. The largest absolute Gasteiger partial charge is 0.374 e. The first-order valence-electron chi connectivity index (χ1n) is 6.15. The molecule has 0 radical (unpaired) electrons. The van der Waals surface area contributed by atoms with E-state index >= 15 is 0 Å². The molecule has 0 bridgehead atoms. The summed E-state index contributed by atoms with van der Waals surface area (Å²) < 4.78 is 0. The second kappa shape index (κ2) is 6.27. The molecule has 0 saturated carbocycles. The highest BCUT2D eigenvalue weighted by Gasteiger charge is 2.10. The Bertz CT molecular complexity index is 361. The van der Waals surface area contributed by atoms with Crippen LogP contribution in [0.1, 0.15) is 26.3 Å². The molecule has 0 aromatic heterocycles. The van der Waals surface area contributed by atoms with Crippen LogP contribution in [-0.2, 0) is 6.42 Å². The molecule has 0 aliphatic carbocycles. The normalized spacial score (nSPS) is 12.9. The van der Waals surface area contributed by atoms with E-state index in [1.807, 2.05) is 19.1 Å². The van der Waals surface area contributed by atoms with E-state index < -0.39 is 0 Å². The third kappa shape index (κ3) is 4.57. The van der Waals surface area contributed by atoms with E-state index in [2.05, 4.69) is 31.9 Å². The Balaban J connectivity index is 2.96. The zero-order chi connectivity index (χ0) is 13.0. The highest BCUT2D eigenvalue weighted by Crippen LogP contribution is 2.25. The van der Waals surface area contributed by atoms with Gasteiger partial charge in [-0.25, -0.2) is 0 Å². The first-order valence-corrected chi connectivity index (χ1v) is 6.53. The number of halogens is 1. The van der Waals surface area contributed by atoms with Gasteiger partial charge in [0.25, 0.3) is 0 Å². The van der Waals surface area contributed by atoms with E-state index in [1.165, 1.54) is 11.3 Å².